The summed E-state index contributed by atoms with van der Waals surface area (Å²) in [5.41, 5.74) is 0.650. The Labute approximate surface area is 90.7 Å². The van der Waals surface area contributed by atoms with Crippen LogP contribution in [0.25, 0.3) is 0 Å². The van der Waals surface area contributed by atoms with Crippen LogP contribution in [0, 0.1) is 11.7 Å². The van der Waals surface area contributed by atoms with Gasteiger partial charge >= 0.3 is 0 Å². The quantitative estimate of drug-likeness (QED) is 0.777. The van der Waals surface area contributed by atoms with Crippen LogP contribution < -0.4 is 5.32 Å². The monoisotopic (exact) mass is 207 g/mol. The minimum absolute atomic E-state index is 0.142. The Morgan fingerprint density at radius 2 is 1.80 bits per heavy atom. The van der Waals surface area contributed by atoms with E-state index in [1.807, 2.05) is 12.1 Å². The van der Waals surface area contributed by atoms with Crippen molar-refractivity contribution in [3.05, 3.63) is 30.1 Å². The fraction of sp³-hybridized carbons (Fsp3) is 0.538. The first kappa shape index (κ1) is 10.5. The summed E-state index contributed by atoms with van der Waals surface area (Å²) in [6.07, 6.45) is 4.84. The average molecular weight is 207 g/mol. The molecule has 0 aromatic heterocycles. The number of nitrogens with one attached hydrogen (secondary N) is 1. The highest BCUT2D eigenvalue weighted by Crippen LogP contribution is 2.26. The van der Waals surface area contributed by atoms with E-state index in [4.69, 9.17) is 0 Å². The molecular weight excluding hydrogens is 189 g/mol. The van der Waals surface area contributed by atoms with Crippen molar-refractivity contribution in [1.29, 1.82) is 0 Å². The highest BCUT2D eigenvalue weighted by atomic mass is 19.1. The van der Waals surface area contributed by atoms with Gasteiger partial charge in [-0.15, -0.1) is 0 Å². The molecule has 15 heavy (non-hydrogen) atoms. The predicted molar refractivity (Wildman–Crippen MR) is 61.4 cm³/mol. The molecule has 0 atom stereocenters. The summed E-state index contributed by atoms with van der Waals surface area (Å²) in [4.78, 5) is 0. The summed E-state index contributed by atoms with van der Waals surface area (Å²) in [6, 6.07) is 7.37. The number of halogens is 1. The molecule has 1 nitrogen and oxygen atoms in total. The Hall–Kier alpha value is -1.05. The van der Waals surface area contributed by atoms with Crippen molar-refractivity contribution in [3.63, 3.8) is 0 Å². The van der Waals surface area contributed by atoms with Crippen LogP contribution in [0.5, 0.6) is 0 Å². The maximum absolute atomic E-state index is 13.4. The smallest absolute Gasteiger partial charge is 0.146 e. The Morgan fingerprint density at radius 1 is 1.13 bits per heavy atom. The predicted octanol–water partition coefficient (Wildman–Crippen LogP) is 3.82. The van der Waals surface area contributed by atoms with Crippen LogP contribution in [0.2, 0.25) is 0 Å². The fourth-order valence-corrected chi connectivity index (χ4v) is 2.20. The molecule has 0 saturated heterocycles. The normalized spacial score (nSPS) is 26.3. The third-order valence-electron chi connectivity index (χ3n) is 3.25. The van der Waals surface area contributed by atoms with Crippen molar-refractivity contribution in [3.8, 4) is 0 Å². The van der Waals surface area contributed by atoms with Crippen LogP contribution in [0.1, 0.15) is 32.6 Å². The van der Waals surface area contributed by atoms with Crippen molar-refractivity contribution in [1.82, 2.24) is 0 Å². The first-order chi connectivity index (χ1) is 7.25. The SMILES string of the molecule is CC1CCC(Nc2ccccc2F)CC1. The molecule has 1 aliphatic rings. The molecule has 0 bridgehead atoms. The van der Waals surface area contributed by atoms with Crippen LogP contribution in [-0.4, -0.2) is 6.04 Å². The molecule has 1 aromatic rings. The van der Waals surface area contributed by atoms with Crippen LogP contribution in [0.15, 0.2) is 24.3 Å². The third kappa shape index (κ3) is 2.71. The molecule has 2 rings (SSSR count). The average Bonchev–Trinajstić information content (AvgIpc) is 2.25. The maximum atomic E-state index is 13.4. The lowest BCUT2D eigenvalue weighted by Crippen LogP contribution is -2.25. The molecule has 82 valence electrons. The maximum Gasteiger partial charge on any atom is 0.146 e. The number of rotatable bonds is 2. The molecular formula is C13H18FN. The van der Waals surface area contributed by atoms with Gasteiger partial charge in [-0.1, -0.05) is 19.1 Å². The van der Waals surface area contributed by atoms with E-state index in [0.29, 0.717) is 11.7 Å². The van der Waals surface area contributed by atoms with E-state index < -0.39 is 0 Å². The zero-order chi connectivity index (χ0) is 10.7. The second-order valence-corrected chi connectivity index (χ2v) is 4.58. The molecule has 0 spiro atoms. The van der Waals surface area contributed by atoms with Crippen LogP contribution in [-0.2, 0) is 0 Å². The van der Waals surface area contributed by atoms with Crippen molar-refractivity contribution in [2.75, 3.05) is 5.32 Å². The molecule has 1 fully saturated rings. The summed E-state index contributed by atoms with van der Waals surface area (Å²) >= 11 is 0. The number of anilines is 1. The van der Waals surface area contributed by atoms with Crippen molar-refractivity contribution in [2.45, 2.75) is 38.6 Å². The molecule has 0 radical (unpaired) electrons. The van der Waals surface area contributed by atoms with E-state index in [2.05, 4.69) is 12.2 Å². The Balaban J connectivity index is 1.95. The minimum atomic E-state index is -0.142. The number of hydrogen-bond donors (Lipinski definition) is 1. The minimum Gasteiger partial charge on any atom is -0.380 e. The highest BCUT2D eigenvalue weighted by Gasteiger charge is 2.18. The van der Waals surface area contributed by atoms with Gasteiger partial charge in [-0.2, -0.15) is 0 Å². The van der Waals surface area contributed by atoms with Gasteiger partial charge < -0.3 is 5.32 Å². The lowest BCUT2D eigenvalue weighted by Gasteiger charge is -2.27. The van der Waals surface area contributed by atoms with E-state index in [1.54, 1.807) is 6.07 Å². The Bertz CT molecular complexity index is 316. The zero-order valence-corrected chi connectivity index (χ0v) is 9.17. The lowest BCUT2D eigenvalue weighted by atomic mass is 9.87. The van der Waals surface area contributed by atoms with E-state index in [-0.39, 0.29) is 5.82 Å². The van der Waals surface area contributed by atoms with Gasteiger partial charge in [0.05, 0.1) is 5.69 Å². The van der Waals surface area contributed by atoms with Crippen molar-refractivity contribution < 1.29 is 4.39 Å². The van der Waals surface area contributed by atoms with E-state index in [9.17, 15) is 4.39 Å². The van der Waals surface area contributed by atoms with Gasteiger partial charge in [-0.25, -0.2) is 4.39 Å². The lowest BCUT2D eigenvalue weighted by molar-refractivity contribution is 0.360. The second-order valence-electron chi connectivity index (χ2n) is 4.58. The number of benzene rings is 1. The summed E-state index contributed by atoms with van der Waals surface area (Å²) in [6.45, 7) is 2.29. The first-order valence-corrected chi connectivity index (χ1v) is 5.77. The molecule has 2 heteroatoms. The zero-order valence-electron chi connectivity index (χ0n) is 9.17. The van der Waals surface area contributed by atoms with E-state index >= 15 is 0 Å². The van der Waals surface area contributed by atoms with Gasteiger partial charge in [0.1, 0.15) is 5.82 Å². The van der Waals surface area contributed by atoms with Crippen LogP contribution in [0.4, 0.5) is 10.1 Å². The van der Waals surface area contributed by atoms with Crippen LogP contribution >= 0.6 is 0 Å². The van der Waals surface area contributed by atoms with Gasteiger partial charge in [0, 0.05) is 6.04 Å². The summed E-state index contributed by atoms with van der Waals surface area (Å²) < 4.78 is 13.4. The highest BCUT2D eigenvalue weighted by molar-refractivity contribution is 5.45. The molecule has 0 amide bonds. The molecule has 1 N–H and O–H groups in total. The molecule has 1 saturated carbocycles. The van der Waals surface area contributed by atoms with Gasteiger partial charge in [0.2, 0.25) is 0 Å². The fourth-order valence-electron chi connectivity index (χ4n) is 2.20. The standard InChI is InChI=1S/C13H18FN/c1-10-6-8-11(9-7-10)15-13-5-3-2-4-12(13)14/h2-5,10-11,15H,6-9H2,1H3. The third-order valence-corrected chi connectivity index (χ3v) is 3.25. The molecule has 0 unspecified atom stereocenters. The van der Waals surface area contributed by atoms with Gasteiger partial charge in [-0.05, 0) is 43.7 Å². The van der Waals surface area contributed by atoms with Crippen molar-refractivity contribution >= 4 is 5.69 Å². The number of hydrogen-bond acceptors (Lipinski definition) is 1. The molecule has 1 aliphatic carbocycles. The topological polar surface area (TPSA) is 12.0 Å². The van der Waals surface area contributed by atoms with Gasteiger partial charge in [0.25, 0.3) is 0 Å². The first-order valence-electron chi connectivity index (χ1n) is 5.77. The Kier molecular flexibility index (Phi) is 3.24. The molecule has 0 aliphatic heterocycles. The number of para-hydroxylation sites is 1. The second kappa shape index (κ2) is 4.65. The van der Waals surface area contributed by atoms with E-state index in [1.165, 1.54) is 18.9 Å². The summed E-state index contributed by atoms with van der Waals surface area (Å²) in [5.74, 6) is 0.694. The summed E-state index contributed by atoms with van der Waals surface area (Å²) in [5, 5.41) is 3.29. The molecule has 0 heterocycles. The molecule has 1 aromatic carbocycles. The Morgan fingerprint density at radius 3 is 2.47 bits per heavy atom. The largest absolute Gasteiger partial charge is 0.380 e. The van der Waals surface area contributed by atoms with E-state index in [0.717, 1.165) is 18.8 Å². The van der Waals surface area contributed by atoms with Crippen LogP contribution in [0.3, 0.4) is 0 Å². The summed E-state index contributed by atoms with van der Waals surface area (Å²) in [7, 11) is 0. The van der Waals surface area contributed by atoms with Gasteiger partial charge in [-0.3, -0.25) is 0 Å². The van der Waals surface area contributed by atoms with Gasteiger partial charge in [0.15, 0.2) is 0 Å². The van der Waals surface area contributed by atoms with Crippen molar-refractivity contribution in [2.24, 2.45) is 5.92 Å².